The fraction of sp³-hybridized carbons (Fsp3) is 0.333. The highest BCUT2D eigenvalue weighted by Gasteiger charge is 2.17. The van der Waals surface area contributed by atoms with Crippen LogP contribution in [-0.2, 0) is 17.9 Å². The van der Waals surface area contributed by atoms with Gasteiger partial charge in [0.15, 0.2) is 5.82 Å². The smallest absolute Gasteiger partial charge is 0.294 e. The molecular formula is C27H35N7O2S. The van der Waals surface area contributed by atoms with Crippen molar-refractivity contribution in [3.8, 4) is 11.3 Å². The van der Waals surface area contributed by atoms with Gasteiger partial charge in [-0.2, -0.15) is 0 Å². The Morgan fingerprint density at radius 2 is 1.84 bits per heavy atom. The highest BCUT2D eigenvalue weighted by atomic mass is 32.2. The summed E-state index contributed by atoms with van der Waals surface area (Å²) in [5.74, 6) is 1.29. The Kier molecular flexibility index (Phi) is 9.35. The summed E-state index contributed by atoms with van der Waals surface area (Å²) in [6, 6.07) is 12.7. The number of nitrogens with two attached hydrogens (primary N) is 2. The van der Waals surface area contributed by atoms with E-state index in [9.17, 15) is 9.59 Å². The largest absolute Gasteiger partial charge is 0.399 e. The molecule has 0 atom stereocenters. The van der Waals surface area contributed by atoms with Gasteiger partial charge in [0.1, 0.15) is 12.4 Å². The van der Waals surface area contributed by atoms with E-state index in [0.29, 0.717) is 22.9 Å². The number of anilines is 2. The van der Waals surface area contributed by atoms with Crippen molar-refractivity contribution >= 4 is 35.0 Å². The molecule has 0 radical (unpaired) electrons. The predicted octanol–water partition coefficient (Wildman–Crippen LogP) is 3.66. The molecule has 0 saturated heterocycles. The topological polar surface area (TPSA) is 152 Å². The zero-order chi connectivity index (χ0) is 27.1. The minimum absolute atomic E-state index is 0.00212. The Hall–Kier alpha value is -3.79. The van der Waals surface area contributed by atoms with Gasteiger partial charge in [-0.1, -0.05) is 38.1 Å². The maximum Gasteiger partial charge on any atom is 0.294 e. The standard InChI is InChI=1S/C27H35N7O2S/c1-16(2)15-37-22-10-20(9-21(28)11-22)23-13-32-26(33-17(3)4)27(36)34(23)14-24(35)31-12-18-5-7-19(8-6-18)25(29)30/h5-11,13,16-17H,12,14-15,28H2,1-4H3,(H3,29,30)(H,31,35)(H,32,33). The van der Waals surface area contributed by atoms with Crippen LogP contribution in [0.2, 0.25) is 0 Å². The van der Waals surface area contributed by atoms with Crippen LogP contribution in [0.4, 0.5) is 11.5 Å². The highest BCUT2D eigenvalue weighted by Crippen LogP contribution is 2.29. The van der Waals surface area contributed by atoms with E-state index in [1.54, 1.807) is 48.3 Å². The van der Waals surface area contributed by atoms with Crippen LogP contribution in [0.15, 0.2) is 58.4 Å². The predicted molar refractivity (Wildman–Crippen MR) is 152 cm³/mol. The van der Waals surface area contributed by atoms with E-state index in [-0.39, 0.29) is 42.3 Å². The van der Waals surface area contributed by atoms with Crippen LogP contribution in [0, 0.1) is 11.3 Å². The first-order chi connectivity index (χ1) is 17.5. The van der Waals surface area contributed by atoms with E-state index in [2.05, 4.69) is 29.5 Å². The maximum atomic E-state index is 13.4. The van der Waals surface area contributed by atoms with E-state index < -0.39 is 0 Å². The lowest BCUT2D eigenvalue weighted by atomic mass is 10.1. The number of aromatic nitrogens is 2. The third-order valence-electron chi connectivity index (χ3n) is 5.34. The molecule has 1 amide bonds. The number of amides is 1. The van der Waals surface area contributed by atoms with Crippen LogP contribution in [0.1, 0.15) is 38.8 Å². The summed E-state index contributed by atoms with van der Waals surface area (Å²) >= 11 is 1.69. The SMILES string of the molecule is CC(C)CSc1cc(N)cc(-c2cnc(NC(C)C)c(=O)n2CC(=O)NCc2ccc(C(=N)N)cc2)c1. The number of hydrogen-bond acceptors (Lipinski definition) is 7. The monoisotopic (exact) mass is 521 g/mol. The second-order valence-corrected chi connectivity index (χ2v) is 10.7. The lowest BCUT2D eigenvalue weighted by Gasteiger charge is -2.17. The van der Waals surface area contributed by atoms with Crippen molar-refractivity contribution < 1.29 is 4.79 Å². The first kappa shape index (κ1) is 27.8. The van der Waals surface area contributed by atoms with Gasteiger partial charge in [0.2, 0.25) is 5.91 Å². The third-order valence-corrected chi connectivity index (χ3v) is 6.75. The van der Waals surface area contributed by atoms with Crippen molar-refractivity contribution in [3.63, 3.8) is 0 Å². The van der Waals surface area contributed by atoms with Crippen molar-refractivity contribution in [2.75, 3.05) is 16.8 Å². The average molecular weight is 522 g/mol. The number of amidine groups is 1. The molecule has 0 aliphatic heterocycles. The Morgan fingerprint density at radius 3 is 2.46 bits per heavy atom. The van der Waals surface area contributed by atoms with E-state index in [1.165, 1.54) is 4.57 Å². The number of thioether (sulfide) groups is 1. The summed E-state index contributed by atoms with van der Waals surface area (Å²) in [6.45, 7) is 8.23. The fourth-order valence-corrected chi connectivity index (χ4v) is 4.52. The van der Waals surface area contributed by atoms with Crippen molar-refractivity contribution in [3.05, 3.63) is 70.1 Å². The van der Waals surface area contributed by atoms with Gasteiger partial charge in [-0.3, -0.25) is 19.6 Å². The highest BCUT2D eigenvalue weighted by molar-refractivity contribution is 7.99. The van der Waals surface area contributed by atoms with Crippen molar-refractivity contribution in [1.82, 2.24) is 14.9 Å². The minimum Gasteiger partial charge on any atom is -0.399 e. The lowest BCUT2D eigenvalue weighted by Crippen LogP contribution is -2.35. The minimum atomic E-state index is -0.383. The molecular weight excluding hydrogens is 486 g/mol. The number of benzene rings is 2. The molecule has 0 aliphatic carbocycles. The number of carbonyl (C=O) groups is 1. The van der Waals surface area contributed by atoms with Crippen LogP contribution in [-0.4, -0.2) is 33.1 Å². The molecule has 1 heterocycles. The van der Waals surface area contributed by atoms with Gasteiger partial charge in [-0.25, -0.2) is 4.98 Å². The van der Waals surface area contributed by atoms with Gasteiger partial charge in [0, 0.05) is 40.0 Å². The van der Waals surface area contributed by atoms with Crippen LogP contribution < -0.4 is 27.7 Å². The van der Waals surface area contributed by atoms with E-state index in [0.717, 1.165) is 21.8 Å². The maximum absolute atomic E-state index is 13.4. The van der Waals surface area contributed by atoms with Gasteiger partial charge >= 0.3 is 0 Å². The van der Waals surface area contributed by atoms with E-state index in [1.807, 2.05) is 26.0 Å². The molecule has 0 bridgehead atoms. The Balaban J connectivity index is 1.90. The summed E-state index contributed by atoms with van der Waals surface area (Å²) in [4.78, 5) is 31.7. The Bertz CT molecular complexity index is 1320. The van der Waals surface area contributed by atoms with Crippen LogP contribution in [0.5, 0.6) is 0 Å². The quantitative estimate of drug-likeness (QED) is 0.112. The zero-order valence-corrected chi connectivity index (χ0v) is 22.5. The Morgan fingerprint density at radius 1 is 1.14 bits per heavy atom. The third kappa shape index (κ3) is 7.85. The number of nitrogens with one attached hydrogen (secondary N) is 3. The molecule has 7 N–H and O–H groups in total. The van der Waals surface area contributed by atoms with Gasteiger partial charge in [-0.15, -0.1) is 11.8 Å². The average Bonchev–Trinajstić information content (AvgIpc) is 2.83. The summed E-state index contributed by atoms with van der Waals surface area (Å²) in [5.41, 5.74) is 14.6. The molecule has 3 rings (SSSR count). The number of nitrogen functional groups attached to an aromatic ring is 2. The van der Waals surface area contributed by atoms with E-state index >= 15 is 0 Å². The summed E-state index contributed by atoms with van der Waals surface area (Å²) in [6.07, 6.45) is 1.60. The van der Waals surface area contributed by atoms with Gasteiger partial charge in [0.05, 0.1) is 11.9 Å². The molecule has 9 nitrogen and oxygen atoms in total. The number of nitrogens with zero attached hydrogens (tertiary/aromatic N) is 2. The van der Waals surface area contributed by atoms with Gasteiger partial charge in [0.25, 0.3) is 5.56 Å². The second-order valence-electron chi connectivity index (χ2n) is 9.57. The molecule has 10 heteroatoms. The van der Waals surface area contributed by atoms with Crippen LogP contribution in [0.3, 0.4) is 0 Å². The number of hydrogen-bond donors (Lipinski definition) is 5. The van der Waals surface area contributed by atoms with Crippen molar-refractivity contribution in [2.24, 2.45) is 11.7 Å². The molecule has 0 fully saturated rings. The second kappa shape index (κ2) is 12.4. The fourth-order valence-electron chi connectivity index (χ4n) is 3.57. The first-order valence-corrected chi connectivity index (χ1v) is 13.1. The molecule has 0 spiro atoms. The molecule has 0 unspecified atom stereocenters. The lowest BCUT2D eigenvalue weighted by molar-refractivity contribution is -0.121. The van der Waals surface area contributed by atoms with Gasteiger partial charge in [-0.05, 0) is 43.5 Å². The molecule has 196 valence electrons. The molecule has 0 saturated carbocycles. The molecule has 3 aromatic rings. The summed E-state index contributed by atoms with van der Waals surface area (Å²) in [7, 11) is 0. The normalized spacial score (nSPS) is 11.1. The first-order valence-electron chi connectivity index (χ1n) is 12.1. The van der Waals surface area contributed by atoms with E-state index in [4.69, 9.17) is 16.9 Å². The molecule has 1 aromatic heterocycles. The Labute approximate surface area is 221 Å². The zero-order valence-electron chi connectivity index (χ0n) is 21.7. The molecule has 2 aromatic carbocycles. The number of carbonyl (C=O) groups excluding carboxylic acids is 1. The van der Waals surface area contributed by atoms with Crippen LogP contribution in [0.25, 0.3) is 11.3 Å². The molecule has 0 aliphatic rings. The molecule has 37 heavy (non-hydrogen) atoms. The van der Waals surface area contributed by atoms with Crippen molar-refractivity contribution in [2.45, 2.75) is 51.7 Å². The van der Waals surface area contributed by atoms with Crippen molar-refractivity contribution in [1.29, 1.82) is 5.41 Å². The summed E-state index contributed by atoms with van der Waals surface area (Å²) < 4.78 is 1.43. The number of rotatable bonds is 11. The van der Waals surface area contributed by atoms with Gasteiger partial charge < -0.3 is 22.1 Å². The summed E-state index contributed by atoms with van der Waals surface area (Å²) in [5, 5.41) is 13.4. The van der Waals surface area contributed by atoms with Crippen LogP contribution >= 0.6 is 11.8 Å².